The van der Waals surface area contributed by atoms with Crippen molar-refractivity contribution in [2.45, 2.75) is 103 Å². The van der Waals surface area contributed by atoms with E-state index in [1.54, 1.807) is 29.8 Å². The number of carbonyl (C=O) groups excluding carboxylic acids is 1. The molecule has 0 aromatic heterocycles. The molecule has 3 saturated carbocycles. The van der Waals surface area contributed by atoms with E-state index >= 15 is 0 Å². The van der Waals surface area contributed by atoms with E-state index in [0.717, 1.165) is 37.7 Å². The average Bonchev–Trinajstić information content (AvgIpc) is 3.49. The molecule has 7 heteroatoms. The van der Waals surface area contributed by atoms with Crippen molar-refractivity contribution in [1.82, 2.24) is 0 Å². The highest BCUT2D eigenvalue weighted by Crippen LogP contribution is 2.69. The molecule has 2 aromatic rings. The average molecular weight is 644 g/mol. The summed E-state index contributed by atoms with van der Waals surface area (Å²) in [5.41, 5.74) is 8.40. The highest BCUT2D eigenvalue weighted by Gasteiger charge is 2.67. The van der Waals surface area contributed by atoms with E-state index in [1.807, 2.05) is 6.07 Å². The quantitative estimate of drug-likeness (QED) is 0.132. The molecule has 2 heterocycles. The molecule has 2 aromatic carbocycles. The summed E-state index contributed by atoms with van der Waals surface area (Å²) < 4.78 is 18.4. The number of anilines is 1. The molecule has 47 heavy (non-hydrogen) atoms. The van der Waals surface area contributed by atoms with Crippen LogP contribution in [0.5, 0.6) is 11.5 Å². The molecule has 6 aliphatic rings. The zero-order valence-electron chi connectivity index (χ0n) is 28.5. The molecule has 254 valence electrons. The first-order valence-electron chi connectivity index (χ1n) is 18.0. The maximum absolute atomic E-state index is 11.7. The van der Waals surface area contributed by atoms with E-state index in [0.29, 0.717) is 52.0 Å². The number of benzene rings is 2. The van der Waals surface area contributed by atoms with Crippen molar-refractivity contribution in [3.05, 3.63) is 65.7 Å². The summed E-state index contributed by atoms with van der Waals surface area (Å²) in [6, 6.07) is 12.9. The molecule has 1 spiro atoms. The minimum Gasteiger partial charge on any atom is -0.507 e. The summed E-state index contributed by atoms with van der Waals surface area (Å²) >= 11 is 0. The Hall–Kier alpha value is -2.87. The number of aromatic hydroxyl groups is 1. The molecule has 0 amide bonds. The molecule has 7 nitrogen and oxygen atoms in total. The molecule has 11 atom stereocenters. The van der Waals surface area contributed by atoms with E-state index in [9.17, 15) is 15.0 Å². The van der Waals surface area contributed by atoms with Gasteiger partial charge in [-0.1, -0.05) is 57.5 Å². The zero-order chi connectivity index (χ0) is 33.1. The van der Waals surface area contributed by atoms with E-state index in [-0.39, 0.29) is 23.2 Å². The van der Waals surface area contributed by atoms with Gasteiger partial charge in [-0.15, -0.1) is 0 Å². The summed E-state index contributed by atoms with van der Waals surface area (Å²) in [7, 11) is 0. The lowest BCUT2D eigenvalue weighted by atomic mass is 9.48. The number of carbonyl (C=O) groups is 1. The van der Waals surface area contributed by atoms with Gasteiger partial charge in [0.2, 0.25) is 0 Å². The van der Waals surface area contributed by atoms with Crippen molar-refractivity contribution in [2.75, 3.05) is 12.3 Å². The second kappa shape index (κ2) is 12.2. The minimum absolute atomic E-state index is 0.0661. The molecule has 4 N–H and O–H groups in total. The number of hydrogen-bond donors (Lipinski definition) is 3. The number of ether oxygens (including phenoxy) is 3. The number of nitrogens with two attached hydrogens (primary N) is 1. The first-order valence-corrected chi connectivity index (χ1v) is 18.0. The van der Waals surface area contributed by atoms with Crippen LogP contribution in [-0.2, 0) is 9.47 Å². The maximum atomic E-state index is 11.7. The van der Waals surface area contributed by atoms with Gasteiger partial charge in [0.1, 0.15) is 17.1 Å². The predicted molar refractivity (Wildman–Crippen MR) is 182 cm³/mol. The SMILES string of the molecule is CC1CCC2(OC1)OC1CC3C4CCC5CC(O)CCC5(C)C4=CCC3(C)C1C2C.Nc1ccc(C(=O)Oc2ccccc2)c(O)c1. The van der Waals surface area contributed by atoms with Crippen LogP contribution in [0.4, 0.5) is 5.69 Å². The maximum Gasteiger partial charge on any atom is 0.347 e. The topological polar surface area (TPSA) is 111 Å². The minimum atomic E-state index is -0.617. The van der Waals surface area contributed by atoms with Gasteiger partial charge in [-0.3, -0.25) is 0 Å². The Kier molecular flexibility index (Phi) is 8.50. The lowest BCUT2D eigenvalue weighted by molar-refractivity contribution is -0.272. The van der Waals surface area contributed by atoms with Gasteiger partial charge < -0.3 is 30.2 Å². The third-order valence-corrected chi connectivity index (χ3v) is 13.5. The number of hydrogen-bond acceptors (Lipinski definition) is 7. The third kappa shape index (κ3) is 5.60. The Morgan fingerprint density at radius 2 is 1.79 bits per heavy atom. The second-order valence-corrected chi connectivity index (χ2v) is 16.2. The van der Waals surface area contributed by atoms with Gasteiger partial charge in [0, 0.05) is 24.1 Å². The number of esters is 1. The van der Waals surface area contributed by atoms with Crippen LogP contribution >= 0.6 is 0 Å². The molecule has 5 fully saturated rings. The molecule has 0 radical (unpaired) electrons. The molecule has 0 bridgehead atoms. The van der Waals surface area contributed by atoms with E-state index < -0.39 is 5.97 Å². The normalized spacial score (nSPS) is 41.8. The predicted octanol–water partition coefficient (Wildman–Crippen LogP) is 7.91. The summed E-state index contributed by atoms with van der Waals surface area (Å²) in [5, 5.41) is 19.8. The molecule has 4 aliphatic carbocycles. The van der Waals surface area contributed by atoms with Crippen LogP contribution in [0.3, 0.4) is 0 Å². The number of phenolic OH excluding ortho intramolecular Hbond substituents is 1. The first kappa shape index (κ1) is 32.7. The Bertz CT molecular complexity index is 1500. The van der Waals surface area contributed by atoms with Crippen LogP contribution in [0.2, 0.25) is 0 Å². The first-order chi connectivity index (χ1) is 22.4. The Balaban J connectivity index is 0.000000176. The summed E-state index contributed by atoms with van der Waals surface area (Å²) in [6.07, 6.45) is 13.6. The fourth-order valence-electron chi connectivity index (χ4n) is 10.9. The van der Waals surface area contributed by atoms with Crippen LogP contribution in [0.1, 0.15) is 95.8 Å². The fourth-order valence-corrected chi connectivity index (χ4v) is 10.9. The number of aliphatic hydroxyl groups is 1. The number of para-hydroxylation sites is 1. The Morgan fingerprint density at radius 3 is 2.51 bits per heavy atom. The van der Waals surface area contributed by atoms with Gasteiger partial charge in [-0.05, 0) is 116 Å². The molecule has 2 saturated heterocycles. The standard InChI is InChI=1S/C27H42O3.C13H11NO3/c1-16-7-12-27(29-15-16)17(2)24-23(30-27)14-22-20-6-5-18-13-19(28)8-10-25(18,3)21(20)9-11-26(22,24)4;14-9-6-7-11(12(15)8-9)13(16)17-10-4-2-1-3-5-10/h9,16-20,22-24,28H,5-8,10-15H2,1-4H3;1-8,15H,14H2. The lowest BCUT2D eigenvalue weighted by Crippen LogP contribution is -2.50. The van der Waals surface area contributed by atoms with Gasteiger partial charge >= 0.3 is 5.97 Å². The Morgan fingerprint density at radius 1 is 1.00 bits per heavy atom. The number of allylic oxidation sites excluding steroid dienone is 2. The number of phenols is 1. The molecule has 8 rings (SSSR count). The zero-order valence-corrected chi connectivity index (χ0v) is 28.5. The largest absolute Gasteiger partial charge is 0.507 e. The van der Waals surface area contributed by atoms with Gasteiger partial charge in [-0.2, -0.15) is 0 Å². The highest BCUT2D eigenvalue weighted by atomic mass is 16.7. The van der Waals surface area contributed by atoms with Crippen LogP contribution in [0.25, 0.3) is 0 Å². The van der Waals surface area contributed by atoms with Gasteiger partial charge in [-0.25, -0.2) is 4.79 Å². The van der Waals surface area contributed by atoms with Crippen LogP contribution in [0.15, 0.2) is 60.2 Å². The van der Waals surface area contributed by atoms with Gasteiger partial charge in [0.25, 0.3) is 0 Å². The lowest BCUT2D eigenvalue weighted by Gasteiger charge is -2.57. The second-order valence-electron chi connectivity index (χ2n) is 16.2. The van der Waals surface area contributed by atoms with Crippen LogP contribution in [0, 0.1) is 46.3 Å². The van der Waals surface area contributed by atoms with Gasteiger partial charge in [0.05, 0.1) is 18.8 Å². The summed E-state index contributed by atoms with van der Waals surface area (Å²) in [5.74, 6) is 3.30. The van der Waals surface area contributed by atoms with E-state index in [2.05, 4.69) is 33.8 Å². The number of fused-ring (bicyclic) bond motifs is 7. The van der Waals surface area contributed by atoms with E-state index in [4.69, 9.17) is 19.9 Å². The molecular weight excluding hydrogens is 590 g/mol. The third-order valence-electron chi connectivity index (χ3n) is 13.5. The molecule has 11 unspecified atom stereocenters. The number of aliphatic hydroxyl groups excluding tert-OH is 1. The van der Waals surface area contributed by atoms with Crippen molar-refractivity contribution in [3.8, 4) is 11.5 Å². The van der Waals surface area contributed by atoms with Crippen molar-refractivity contribution < 1.29 is 29.2 Å². The van der Waals surface area contributed by atoms with Crippen molar-refractivity contribution >= 4 is 11.7 Å². The van der Waals surface area contributed by atoms with Crippen molar-refractivity contribution in [1.29, 1.82) is 0 Å². The van der Waals surface area contributed by atoms with Crippen molar-refractivity contribution in [3.63, 3.8) is 0 Å². The smallest absolute Gasteiger partial charge is 0.347 e. The van der Waals surface area contributed by atoms with E-state index in [1.165, 1.54) is 56.7 Å². The molecule has 2 aliphatic heterocycles. The van der Waals surface area contributed by atoms with Crippen LogP contribution in [-0.4, -0.2) is 40.8 Å². The highest BCUT2D eigenvalue weighted by molar-refractivity contribution is 5.94. The number of nitrogen functional groups attached to an aromatic ring is 1. The monoisotopic (exact) mass is 643 g/mol. The Labute approximate surface area is 279 Å². The van der Waals surface area contributed by atoms with Crippen molar-refractivity contribution in [2.24, 2.45) is 46.3 Å². The van der Waals surface area contributed by atoms with Gasteiger partial charge in [0.15, 0.2) is 5.79 Å². The molecular formula is C40H53NO6. The fraction of sp³-hybridized carbons (Fsp3) is 0.625. The summed E-state index contributed by atoms with van der Waals surface area (Å²) in [6.45, 7) is 10.7. The van der Waals surface area contributed by atoms with Crippen LogP contribution < -0.4 is 10.5 Å². The summed E-state index contributed by atoms with van der Waals surface area (Å²) in [4.78, 5) is 11.7. The number of rotatable bonds is 2.